The number of amides is 1. The Morgan fingerprint density at radius 2 is 2.06 bits per heavy atom. The molecule has 0 saturated heterocycles. The summed E-state index contributed by atoms with van der Waals surface area (Å²) < 4.78 is 0. The molecule has 104 valence electrons. The highest BCUT2D eigenvalue weighted by Gasteiger charge is 2.16. The zero-order valence-corrected chi connectivity index (χ0v) is 12.2. The second-order valence-electron chi connectivity index (χ2n) is 5.95. The van der Waals surface area contributed by atoms with Crippen molar-refractivity contribution in [3.63, 3.8) is 0 Å². The summed E-state index contributed by atoms with van der Waals surface area (Å²) in [5.41, 5.74) is 0.115. The third-order valence-electron chi connectivity index (χ3n) is 2.75. The fourth-order valence-corrected chi connectivity index (χ4v) is 1.52. The number of hydrogen-bond donors (Lipinski definition) is 2. The Morgan fingerprint density at radius 1 is 1.39 bits per heavy atom. The van der Waals surface area contributed by atoms with Gasteiger partial charge in [-0.2, -0.15) is 5.26 Å². The average molecular weight is 253 g/mol. The van der Waals surface area contributed by atoms with Crippen molar-refractivity contribution in [2.24, 2.45) is 11.3 Å². The maximum Gasteiger partial charge on any atom is 0.221 e. The molecule has 1 amide bonds. The molecule has 0 atom stereocenters. The van der Waals surface area contributed by atoms with Gasteiger partial charge in [0.05, 0.1) is 6.07 Å². The summed E-state index contributed by atoms with van der Waals surface area (Å²) in [5, 5.41) is 14.7. The molecule has 0 saturated carbocycles. The Morgan fingerprint density at radius 3 is 2.61 bits per heavy atom. The van der Waals surface area contributed by atoms with Crippen LogP contribution in [0.1, 0.15) is 47.0 Å². The van der Waals surface area contributed by atoms with E-state index >= 15 is 0 Å². The summed E-state index contributed by atoms with van der Waals surface area (Å²) in [6, 6.07) is 2.17. The standard InChI is InChI=1S/C14H27N3O/c1-12(2)10-17-13(18)6-9-16-11-14(3,4)7-5-8-15/h12,16H,5-7,9-11H2,1-4H3,(H,17,18). The third kappa shape index (κ3) is 10.1. The van der Waals surface area contributed by atoms with Gasteiger partial charge in [-0.05, 0) is 17.8 Å². The maximum absolute atomic E-state index is 11.4. The normalized spacial score (nSPS) is 11.3. The molecule has 0 aromatic carbocycles. The Hall–Kier alpha value is -1.08. The van der Waals surface area contributed by atoms with Crippen molar-refractivity contribution in [3.8, 4) is 6.07 Å². The second kappa shape index (κ2) is 8.93. The first-order valence-corrected chi connectivity index (χ1v) is 6.72. The van der Waals surface area contributed by atoms with Gasteiger partial charge in [0.2, 0.25) is 5.91 Å². The van der Waals surface area contributed by atoms with Crippen LogP contribution < -0.4 is 10.6 Å². The van der Waals surface area contributed by atoms with Gasteiger partial charge in [0, 0.05) is 32.5 Å². The van der Waals surface area contributed by atoms with Crippen LogP contribution in [-0.2, 0) is 4.79 Å². The Kier molecular flexibility index (Phi) is 8.40. The summed E-state index contributed by atoms with van der Waals surface area (Å²) >= 11 is 0. The summed E-state index contributed by atoms with van der Waals surface area (Å²) in [7, 11) is 0. The van der Waals surface area contributed by atoms with E-state index in [0.717, 1.165) is 19.5 Å². The minimum absolute atomic E-state index is 0.103. The highest BCUT2D eigenvalue weighted by atomic mass is 16.1. The summed E-state index contributed by atoms with van der Waals surface area (Å²) in [6.07, 6.45) is 1.99. The van der Waals surface area contributed by atoms with Crippen LogP contribution in [0.3, 0.4) is 0 Å². The molecular formula is C14H27N3O. The van der Waals surface area contributed by atoms with Crippen LogP contribution in [0.25, 0.3) is 0 Å². The molecule has 0 heterocycles. The highest BCUT2D eigenvalue weighted by molar-refractivity contribution is 5.76. The molecule has 0 bridgehead atoms. The van der Waals surface area contributed by atoms with Crippen LogP contribution in [-0.4, -0.2) is 25.5 Å². The van der Waals surface area contributed by atoms with Crippen molar-refractivity contribution >= 4 is 5.91 Å². The maximum atomic E-state index is 11.4. The lowest BCUT2D eigenvalue weighted by Gasteiger charge is -2.23. The van der Waals surface area contributed by atoms with E-state index in [-0.39, 0.29) is 11.3 Å². The van der Waals surface area contributed by atoms with E-state index in [1.165, 1.54) is 0 Å². The number of rotatable bonds is 9. The third-order valence-corrected chi connectivity index (χ3v) is 2.75. The minimum Gasteiger partial charge on any atom is -0.356 e. The lowest BCUT2D eigenvalue weighted by atomic mass is 9.88. The molecule has 0 rings (SSSR count). The number of nitrogens with one attached hydrogen (secondary N) is 2. The van der Waals surface area contributed by atoms with Gasteiger partial charge in [0.1, 0.15) is 0 Å². The predicted molar refractivity (Wildman–Crippen MR) is 74.0 cm³/mol. The van der Waals surface area contributed by atoms with Crippen LogP contribution in [0.15, 0.2) is 0 Å². The van der Waals surface area contributed by atoms with E-state index in [1.807, 2.05) is 0 Å². The fraction of sp³-hybridized carbons (Fsp3) is 0.857. The van der Waals surface area contributed by atoms with Crippen LogP contribution in [0.5, 0.6) is 0 Å². The van der Waals surface area contributed by atoms with E-state index in [1.54, 1.807) is 0 Å². The molecule has 0 fully saturated rings. The van der Waals surface area contributed by atoms with Gasteiger partial charge in [0.25, 0.3) is 0 Å². The van der Waals surface area contributed by atoms with Crippen LogP contribution in [0, 0.1) is 22.7 Å². The van der Waals surface area contributed by atoms with Gasteiger partial charge >= 0.3 is 0 Å². The number of carbonyl (C=O) groups is 1. The summed E-state index contributed by atoms with van der Waals surface area (Å²) in [5.74, 6) is 0.595. The Balaban J connectivity index is 3.60. The van der Waals surface area contributed by atoms with E-state index < -0.39 is 0 Å². The molecule has 0 radical (unpaired) electrons. The molecule has 0 aromatic rings. The molecule has 0 aromatic heterocycles. The van der Waals surface area contributed by atoms with E-state index in [9.17, 15) is 4.79 Å². The molecule has 0 unspecified atom stereocenters. The number of nitrogens with zero attached hydrogens (tertiary/aromatic N) is 1. The Bertz CT molecular complexity index is 279. The van der Waals surface area contributed by atoms with Crippen LogP contribution in [0.2, 0.25) is 0 Å². The molecule has 4 heteroatoms. The van der Waals surface area contributed by atoms with Gasteiger partial charge in [0.15, 0.2) is 0 Å². The lowest BCUT2D eigenvalue weighted by molar-refractivity contribution is -0.121. The van der Waals surface area contributed by atoms with E-state index in [4.69, 9.17) is 5.26 Å². The molecule has 18 heavy (non-hydrogen) atoms. The SMILES string of the molecule is CC(C)CNC(=O)CCNCC(C)(C)CCC#N. The molecule has 4 nitrogen and oxygen atoms in total. The zero-order chi connectivity index (χ0) is 14.0. The average Bonchev–Trinajstić information content (AvgIpc) is 2.29. The fourth-order valence-electron chi connectivity index (χ4n) is 1.52. The molecule has 0 aliphatic rings. The van der Waals surface area contributed by atoms with Gasteiger partial charge in [-0.25, -0.2) is 0 Å². The van der Waals surface area contributed by atoms with Gasteiger partial charge in [-0.1, -0.05) is 27.7 Å². The van der Waals surface area contributed by atoms with E-state index in [2.05, 4.69) is 44.4 Å². The molecule has 0 aliphatic heterocycles. The lowest BCUT2D eigenvalue weighted by Crippen LogP contribution is -2.34. The molecule has 2 N–H and O–H groups in total. The van der Waals surface area contributed by atoms with Gasteiger partial charge < -0.3 is 10.6 Å². The quantitative estimate of drug-likeness (QED) is 0.618. The molecule has 0 aliphatic carbocycles. The number of hydrogen-bond acceptors (Lipinski definition) is 3. The monoisotopic (exact) mass is 253 g/mol. The first-order valence-electron chi connectivity index (χ1n) is 6.72. The zero-order valence-electron chi connectivity index (χ0n) is 12.2. The predicted octanol–water partition coefficient (Wildman–Crippen LogP) is 2.07. The van der Waals surface area contributed by atoms with Crippen LogP contribution >= 0.6 is 0 Å². The van der Waals surface area contributed by atoms with Gasteiger partial charge in [-0.15, -0.1) is 0 Å². The molecule has 0 spiro atoms. The van der Waals surface area contributed by atoms with Crippen molar-refractivity contribution in [2.45, 2.75) is 47.0 Å². The molecular weight excluding hydrogens is 226 g/mol. The topological polar surface area (TPSA) is 64.9 Å². The van der Waals surface area contributed by atoms with Crippen molar-refractivity contribution in [2.75, 3.05) is 19.6 Å². The Labute approximate surface area is 111 Å². The first kappa shape index (κ1) is 16.9. The summed E-state index contributed by atoms with van der Waals surface area (Å²) in [6.45, 7) is 10.7. The smallest absolute Gasteiger partial charge is 0.221 e. The van der Waals surface area contributed by atoms with Crippen molar-refractivity contribution in [3.05, 3.63) is 0 Å². The number of nitriles is 1. The van der Waals surface area contributed by atoms with Crippen molar-refractivity contribution in [1.82, 2.24) is 10.6 Å². The minimum atomic E-state index is 0.103. The first-order chi connectivity index (χ1) is 8.37. The highest BCUT2D eigenvalue weighted by Crippen LogP contribution is 2.20. The largest absolute Gasteiger partial charge is 0.356 e. The van der Waals surface area contributed by atoms with E-state index in [0.29, 0.717) is 25.3 Å². The number of carbonyl (C=O) groups excluding carboxylic acids is 1. The van der Waals surface area contributed by atoms with Crippen LogP contribution in [0.4, 0.5) is 0 Å². The summed E-state index contributed by atoms with van der Waals surface area (Å²) in [4.78, 5) is 11.4. The van der Waals surface area contributed by atoms with Crippen molar-refractivity contribution < 1.29 is 4.79 Å². The second-order valence-corrected chi connectivity index (χ2v) is 5.95. The van der Waals surface area contributed by atoms with Gasteiger partial charge in [-0.3, -0.25) is 4.79 Å². The van der Waals surface area contributed by atoms with Crippen molar-refractivity contribution in [1.29, 1.82) is 5.26 Å².